The van der Waals surface area contributed by atoms with Crippen molar-refractivity contribution in [1.29, 1.82) is 5.26 Å². The summed E-state index contributed by atoms with van der Waals surface area (Å²) in [7, 11) is 0. The molecule has 0 bridgehead atoms. The van der Waals surface area contributed by atoms with Gasteiger partial charge in [-0.3, -0.25) is 4.79 Å². The molecule has 0 radical (unpaired) electrons. The average molecular weight is 297 g/mol. The highest BCUT2D eigenvalue weighted by Gasteiger charge is 2.33. The molecule has 0 spiro atoms. The summed E-state index contributed by atoms with van der Waals surface area (Å²) in [6, 6.07) is 4.80. The Balaban J connectivity index is 2.02. The maximum Gasteiger partial charge on any atom is 0.418 e. The average Bonchev–Trinajstić information content (AvgIpc) is 3.25. The number of anilines is 1. The molecule has 1 aliphatic carbocycles. The number of amides is 1. The van der Waals surface area contributed by atoms with Crippen LogP contribution in [0.3, 0.4) is 0 Å². The highest BCUT2D eigenvalue weighted by molar-refractivity contribution is 5.81. The fourth-order valence-electron chi connectivity index (χ4n) is 1.83. The summed E-state index contributed by atoms with van der Waals surface area (Å²) < 4.78 is 38.5. The van der Waals surface area contributed by atoms with E-state index in [2.05, 4.69) is 10.6 Å². The number of nitrogens with one attached hydrogen (secondary N) is 2. The van der Waals surface area contributed by atoms with Crippen molar-refractivity contribution < 1.29 is 18.0 Å². The van der Waals surface area contributed by atoms with Gasteiger partial charge in [-0.2, -0.15) is 18.4 Å². The Morgan fingerprint density at radius 2 is 2.10 bits per heavy atom. The van der Waals surface area contributed by atoms with Crippen LogP contribution in [0, 0.1) is 17.2 Å². The van der Waals surface area contributed by atoms with E-state index < -0.39 is 11.7 Å². The minimum atomic E-state index is -4.54. The molecule has 112 valence electrons. The first kappa shape index (κ1) is 15.2. The summed E-state index contributed by atoms with van der Waals surface area (Å²) in [5.74, 6) is 0.138. The number of alkyl halides is 3. The molecule has 1 saturated carbocycles. The van der Waals surface area contributed by atoms with Crippen molar-refractivity contribution in [1.82, 2.24) is 5.32 Å². The van der Waals surface area contributed by atoms with Crippen LogP contribution in [0.4, 0.5) is 18.9 Å². The molecule has 0 heterocycles. The van der Waals surface area contributed by atoms with E-state index >= 15 is 0 Å². The van der Waals surface area contributed by atoms with Gasteiger partial charge in [0.05, 0.1) is 23.7 Å². The summed E-state index contributed by atoms with van der Waals surface area (Å²) in [6.07, 6.45) is -2.38. The van der Waals surface area contributed by atoms with Gasteiger partial charge in [0.15, 0.2) is 0 Å². The molecule has 0 aliphatic heterocycles. The minimum Gasteiger partial charge on any atom is -0.376 e. The maximum absolute atomic E-state index is 12.8. The number of hydrogen-bond donors (Lipinski definition) is 2. The first-order chi connectivity index (χ1) is 9.90. The molecule has 1 amide bonds. The lowest BCUT2D eigenvalue weighted by Gasteiger charge is -2.14. The van der Waals surface area contributed by atoms with Gasteiger partial charge in [0.2, 0.25) is 5.91 Å². The van der Waals surface area contributed by atoms with Crippen molar-refractivity contribution in [3.63, 3.8) is 0 Å². The van der Waals surface area contributed by atoms with E-state index in [1.807, 2.05) is 0 Å². The molecule has 1 aromatic rings. The fraction of sp³-hybridized carbons (Fsp3) is 0.429. The first-order valence-corrected chi connectivity index (χ1v) is 6.52. The van der Waals surface area contributed by atoms with Crippen molar-refractivity contribution in [3.8, 4) is 6.07 Å². The summed E-state index contributed by atoms with van der Waals surface area (Å²) in [5.41, 5.74) is -1.05. The van der Waals surface area contributed by atoms with Gasteiger partial charge in [0.1, 0.15) is 0 Å². The number of nitriles is 1. The molecule has 4 nitrogen and oxygen atoms in total. The molecule has 0 atom stereocenters. The van der Waals surface area contributed by atoms with Gasteiger partial charge in [-0.15, -0.1) is 0 Å². The second-order valence-electron chi connectivity index (χ2n) is 4.97. The Kier molecular flexibility index (Phi) is 4.36. The highest BCUT2D eigenvalue weighted by Crippen LogP contribution is 2.35. The van der Waals surface area contributed by atoms with Crippen LogP contribution < -0.4 is 10.6 Å². The van der Waals surface area contributed by atoms with E-state index in [0.29, 0.717) is 12.5 Å². The third kappa shape index (κ3) is 4.38. The predicted molar refractivity (Wildman–Crippen MR) is 70.4 cm³/mol. The van der Waals surface area contributed by atoms with Crippen molar-refractivity contribution in [2.75, 3.05) is 18.4 Å². The Hall–Kier alpha value is -2.23. The van der Waals surface area contributed by atoms with Gasteiger partial charge in [-0.1, -0.05) is 0 Å². The molecular formula is C14H14F3N3O. The monoisotopic (exact) mass is 297 g/mol. The van der Waals surface area contributed by atoms with E-state index in [0.717, 1.165) is 31.0 Å². The lowest BCUT2D eigenvalue weighted by Crippen LogP contribution is -2.31. The topological polar surface area (TPSA) is 64.9 Å². The summed E-state index contributed by atoms with van der Waals surface area (Å²) >= 11 is 0. The first-order valence-electron chi connectivity index (χ1n) is 6.52. The number of benzene rings is 1. The number of hydrogen-bond acceptors (Lipinski definition) is 3. The van der Waals surface area contributed by atoms with E-state index in [9.17, 15) is 18.0 Å². The highest BCUT2D eigenvalue weighted by atomic mass is 19.4. The molecule has 1 aromatic carbocycles. The van der Waals surface area contributed by atoms with Crippen molar-refractivity contribution in [2.24, 2.45) is 5.92 Å². The van der Waals surface area contributed by atoms with Gasteiger partial charge >= 0.3 is 6.18 Å². The molecule has 1 fully saturated rings. The Bertz CT molecular complexity index is 574. The maximum atomic E-state index is 12.8. The summed E-state index contributed by atoms with van der Waals surface area (Å²) in [6.45, 7) is 0.301. The largest absolute Gasteiger partial charge is 0.418 e. The van der Waals surface area contributed by atoms with Crippen LogP contribution in [0.5, 0.6) is 0 Å². The molecular weight excluding hydrogens is 283 g/mol. The third-order valence-corrected chi connectivity index (χ3v) is 3.18. The second-order valence-corrected chi connectivity index (χ2v) is 4.97. The SMILES string of the molecule is N#Cc1ccc(C(F)(F)F)c(NCC(=O)NCC2CC2)c1. The lowest BCUT2D eigenvalue weighted by molar-refractivity contribution is -0.137. The van der Waals surface area contributed by atoms with Gasteiger partial charge in [0.25, 0.3) is 0 Å². The van der Waals surface area contributed by atoms with Gasteiger partial charge in [-0.25, -0.2) is 0 Å². The zero-order valence-electron chi connectivity index (χ0n) is 11.1. The predicted octanol–water partition coefficient (Wildman–Crippen LogP) is 2.52. The zero-order chi connectivity index (χ0) is 15.5. The summed E-state index contributed by atoms with van der Waals surface area (Å²) in [5, 5.41) is 13.9. The number of rotatable bonds is 5. The normalized spacial score (nSPS) is 14.4. The molecule has 1 aliphatic rings. The lowest BCUT2D eigenvalue weighted by atomic mass is 10.1. The van der Waals surface area contributed by atoms with E-state index in [1.165, 1.54) is 0 Å². The molecule has 2 N–H and O–H groups in total. The van der Waals surface area contributed by atoms with Crippen molar-refractivity contribution in [3.05, 3.63) is 29.3 Å². The number of carbonyl (C=O) groups is 1. The fourth-order valence-corrected chi connectivity index (χ4v) is 1.83. The molecule has 7 heteroatoms. The van der Waals surface area contributed by atoms with Crippen LogP contribution in [0.2, 0.25) is 0 Å². The van der Waals surface area contributed by atoms with E-state index in [4.69, 9.17) is 5.26 Å². The Morgan fingerprint density at radius 1 is 1.38 bits per heavy atom. The smallest absolute Gasteiger partial charge is 0.376 e. The van der Waals surface area contributed by atoms with E-state index in [-0.39, 0.29) is 23.7 Å². The van der Waals surface area contributed by atoms with Gasteiger partial charge in [-0.05, 0) is 37.0 Å². The minimum absolute atomic E-state index is 0.101. The van der Waals surface area contributed by atoms with Crippen LogP contribution >= 0.6 is 0 Å². The van der Waals surface area contributed by atoms with E-state index in [1.54, 1.807) is 6.07 Å². The van der Waals surface area contributed by atoms with Crippen LogP contribution in [0.15, 0.2) is 18.2 Å². The molecule has 2 rings (SSSR count). The van der Waals surface area contributed by atoms with Crippen molar-refractivity contribution >= 4 is 11.6 Å². The van der Waals surface area contributed by atoms with Crippen LogP contribution in [0.25, 0.3) is 0 Å². The van der Waals surface area contributed by atoms with Crippen LogP contribution in [-0.2, 0) is 11.0 Å². The molecule has 0 unspecified atom stereocenters. The van der Waals surface area contributed by atoms with Gasteiger partial charge < -0.3 is 10.6 Å². The second kappa shape index (κ2) is 6.04. The number of halogens is 3. The van der Waals surface area contributed by atoms with Gasteiger partial charge in [0, 0.05) is 12.2 Å². The zero-order valence-corrected chi connectivity index (χ0v) is 11.1. The Morgan fingerprint density at radius 3 is 2.67 bits per heavy atom. The molecule has 21 heavy (non-hydrogen) atoms. The third-order valence-electron chi connectivity index (χ3n) is 3.18. The number of carbonyl (C=O) groups excluding carboxylic acids is 1. The van der Waals surface area contributed by atoms with Crippen LogP contribution in [0.1, 0.15) is 24.0 Å². The Labute approximate surface area is 119 Å². The quantitative estimate of drug-likeness (QED) is 0.877. The summed E-state index contributed by atoms with van der Waals surface area (Å²) in [4.78, 5) is 11.5. The molecule has 0 aromatic heterocycles. The number of nitrogens with zero attached hydrogens (tertiary/aromatic N) is 1. The van der Waals surface area contributed by atoms with Crippen LogP contribution in [-0.4, -0.2) is 19.0 Å². The van der Waals surface area contributed by atoms with Crippen molar-refractivity contribution in [2.45, 2.75) is 19.0 Å². The standard InChI is InChI=1S/C14H14F3N3O/c15-14(16,17)11-4-3-10(6-18)5-12(11)19-8-13(21)20-7-9-1-2-9/h3-5,9,19H,1-2,7-8H2,(H,20,21). The molecule has 0 saturated heterocycles.